The number of halogens is 4. The van der Waals surface area contributed by atoms with E-state index in [-0.39, 0.29) is 5.75 Å². The van der Waals surface area contributed by atoms with Crippen molar-refractivity contribution in [1.29, 1.82) is 5.26 Å². The van der Waals surface area contributed by atoms with Gasteiger partial charge in [0, 0.05) is 4.47 Å². The number of ether oxygens (including phenoxy) is 2. The second-order valence-electron chi connectivity index (χ2n) is 4.33. The molecule has 114 valence electrons. The zero-order valence-corrected chi connectivity index (χ0v) is 12.8. The summed E-state index contributed by atoms with van der Waals surface area (Å²) < 4.78 is 46.2. The van der Waals surface area contributed by atoms with Gasteiger partial charge in [-0.2, -0.15) is 5.26 Å². The monoisotopic (exact) mass is 371 g/mol. The molecule has 0 fully saturated rings. The summed E-state index contributed by atoms with van der Waals surface area (Å²) in [7, 11) is 0. The maximum atomic E-state index is 12.1. The van der Waals surface area contributed by atoms with Gasteiger partial charge >= 0.3 is 6.36 Å². The average molecular weight is 372 g/mol. The fraction of sp³-hybridized carbons (Fsp3) is 0.133. The van der Waals surface area contributed by atoms with Gasteiger partial charge in [-0.1, -0.05) is 0 Å². The Morgan fingerprint density at radius 1 is 1.09 bits per heavy atom. The fourth-order valence-electron chi connectivity index (χ4n) is 1.70. The second-order valence-corrected chi connectivity index (χ2v) is 5.18. The molecule has 0 heterocycles. The summed E-state index contributed by atoms with van der Waals surface area (Å²) in [6.45, 7) is 1.77. The first-order chi connectivity index (χ1) is 10.3. The topological polar surface area (TPSA) is 42.2 Å². The Bertz CT molecular complexity index is 721. The maximum Gasteiger partial charge on any atom is 0.573 e. The molecule has 0 saturated heterocycles. The van der Waals surface area contributed by atoms with Crippen LogP contribution in [0.3, 0.4) is 0 Å². The Labute approximate surface area is 133 Å². The largest absolute Gasteiger partial charge is 0.573 e. The minimum Gasteiger partial charge on any atom is -0.457 e. The third-order valence-electron chi connectivity index (χ3n) is 2.67. The van der Waals surface area contributed by atoms with Crippen LogP contribution in [0.2, 0.25) is 0 Å². The molecule has 0 spiro atoms. The lowest BCUT2D eigenvalue weighted by molar-refractivity contribution is -0.274. The van der Waals surface area contributed by atoms with Crippen molar-refractivity contribution in [1.82, 2.24) is 0 Å². The molecule has 0 aliphatic heterocycles. The van der Waals surface area contributed by atoms with Crippen LogP contribution >= 0.6 is 15.9 Å². The zero-order valence-electron chi connectivity index (χ0n) is 11.2. The average Bonchev–Trinajstić information content (AvgIpc) is 2.43. The van der Waals surface area contributed by atoms with Crippen LogP contribution in [0.1, 0.15) is 11.1 Å². The summed E-state index contributed by atoms with van der Waals surface area (Å²) in [5, 5.41) is 8.92. The van der Waals surface area contributed by atoms with E-state index in [4.69, 9.17) is 10.00 Å². The number of rotatable bonds is 3. The van der Waals surface area contributed by atoms with Crippen LogP contribution in [0.25, 0.3) is 0 Å². The molecule has 0 aliphatic rings. The Balaban J connectivity index is 2.18. The van der Waals surface area contributed by atoms with Crippen molar-refractivity contribution in [2.75, 3.05) is 0 Å². The van der Waals surface area contributed by atoms with Gasteiger partial charge < -0.3 is 9.47 Å². The lowest BCUT2D eigenvalue weighted by Gasteiger charge is -2.12. The number of nitriles is 1. The molecule has 0 aromatic heterocycles. The van der Waals surface area contributed by atoms with Crippen molar-refractivity contribution in [3.05, 3.63) is 52.0 Å². The van der Waals surface area contributed by atoms with Crippen LogP contribution in [0.5, 0.6) is 17.2 Å². The van der Waals surface area contributed by atoms with Crippen LogP contribution in [0.4, 0.5) is 13.2 Å². The van der Waals surface area contributed by atoms with Crippen LogP contribution in [-0.2, 0) is 0 Å². The molecule has 3 nitrogen and oxygen atoms in total. The summed E-state index contributed by atoms with van der Waals surface area (Å²) in [5.41, 5.74) is 1.20. The predicted octanol–water partition coefficient (Wildman–Crippen LogP) is 5.32. The summed E-state index contributed by atoms with van der Waals surface area (Å²) in [4.78, 5) is 0. The number of hydrogen-bond donors (Lipinski definition) is 0. The molecule has 7 heteroatoms. The van der Waals surface area contributed by atoms with E-state index in [1.807, 2.05) is 6.07 Å². The Morgan fingerprint density at radius 3 is 2.23 bits per heavy atom. The first-order valence-corrected chi connectivity index (χ1v) is 6.82. The molecular formula is C15H9BrF3NO2. The van der Waals surface area contributed by atoms with E-state index in [1.165, 1.54) is 12.1 Å². The molecule has 0 N–H and O–H groups in total. The van der Waals surface area contributed by atoms with Crippen molar-refractivity contribution in [2.24, 2.45) is 0 Å². The van der Waals surface area contributed by atoms with E-state index in [2.05, 4.69) is 20.7 Å². The van der Waals surface area contributed by atoms with Gasteiger partial charge in [-0.25, -0.2) is 0 Å². The van der Waals surface area contributed by atoms with Gasteiger partial charge in [0.15, 0.2) is 0 Å². The Morgan fingerprint density at radius 2 is 1.68 bits per heavy atom. The third-order valence-corrected chi connectivity index (χ3v) is 3.33. The summed E-state index contributed by atoms with van der Waals surface area (Å²) in [6.07, 6.45) is -4.73. The van der Waals surface area contributed by atoms with E-state index < -0.39 is 6.36 Å². The summed E-state index contributed by atoms with van der Waals surface area (Å²) >= 11 is 3.25. The fourth-order valence-corrected chi connectivity index (χ4v) is 2.11. The van der Waals surface area contributed by atoms with E-state index in [1.54, 1.807) is 19.1 Å². The minimum absolute atomic E-state index is 0.322. The number of aryl methyl sites for hydroxylation is 1. The lowest BCUT2D eigenvalue weighted by Crippen LogP contribution is -2.16. The van der Waals surface area contributed by atoms with E-state index in [9.17, 15) is 13.2 Å². The van der Waals surface area contributed by atoms with Crippen LogP contribution in [0.15, 0.2) is 40.9 Å². The lowest BCUT2D eigenvalue weighted by atomic mass is 10.1. The van der Waals surface area contributed by atoms with Crippen molar-refractivity contribution < 1.29 is 22.6 Å². The molecule has 0 saturated carbocycles. The predicted molar refractivity (Wildman–Crippen MR) is 76.8 cm³/mol. The van der Waals surface area contributed by atoms with Crippen LogP contribution in [0, 0.1) is 18.3 Å². The highest BCUT2D eigenvalue weighted by atomic mass is 79.9. The molecule has 0 aliphatic carbocycles. The number of nitrogens with zero attached hydrogens (tertiary/aromatic N) is 1. The molecule has 2 aromatic carbocycles. The molecule has 2 aromatic rings. The third kappa shape index (κ3) is 4.15. The second kappa shape index (κ2) is 6.28. The SMILES string of the molecule is Cc1cc(C#N)c(Br)cc1Oc1ccc(OC(F)(F)F)cc1. The van der Waals surface area contributed by atoms with Crippen molar-refractivity contribution in [3.8, 4) is 23.3 Å². The van der Waals surface area contributed by atoms with Gasteiger partial charge in [0.25, 0.3) is 0 Å². The highest BCUT2D eigenvalue weighted by Crippen LogP contribution is 2.32. The van der Waals surface area contributed by atoms with Gasteiger partial charge in [-0.3, -0.25) is 0 Å². The zero-order chi connectivity index (χ0) is 16.3. The van der Waals surface area contributed by atoms with E-state index in [0.717, 1.165) is 17.7 Å². The maximum absolute atomic E-state index is 12.1. The highest BCUT2D eigenvalue weighted by Gasteiger charge is 2.30. The molecule has 2 rings (SSSR count). The van der Waals surface area contributed by atoms with Gasteiger partial charge in [0.1, 0.15) is 23.3 Å². The molecule has 0 radical (unpaired) electrons. The van der Waals surface area contributed by atoms with Gasteiger partial charge in [0.2, 0.25) is 0 Å². The van der Waals surface area contributed by atoms with Crippen LogP contribution in [-0.4, -0.2) is 6.36 Å². The molecular weight excluding hydrogens is 363 g/mol. The molecule has 0 unspecified atom stereocenters. The normalized spacial score (nSPS) is 10.9. The number of hydrogen-bond acceptors (Lipinski definition) is 3. The number of alkyl halides is 3. The van der Waals surface area contributed by atoms with Gasteiger partial charge in [-0.15, -0.1) is 13.2 Å². The van der Waals surface area contributed by atoms with E-state index >= 15 is 0 Å². The quantitative estimate of drug-likeness (QED) is 0.732. The first-order valence-electron chi connectivity index (χ1n) is 6.02. The molecule has 0 atom stereocenters. The van der Waals surface area contributed by atoms with Crippen molar-refractivity contribution in [2.45, 2.75) is 13.3 Å². The Hall–Kier alpha value is -2.20. The molecule has 0 bridgehead atoms. The smallest absolute Gasteiger partial charge is 0.457 e. The van der Waals surface area contributed by atoms with Gasteiger partial charge in [0.05, 0.1) is 5.56 Å². The highest BCUT2D eigenvalue weighted by molar-refractivity contribution is 9.10. The van der Waals surface area contributed by atoms with Crippen molar-refractivity contribution in [3.63, 3.8) is 0 Å². The summed E-state index contributed by atoms with van der Waals surface area (Å²) in [6, 6.07) is 10.4. The minimum atomic E-state index is -4.73. The standard InChI is InChI=1S/C15H9BrF3NO2/c1-9-6-10(8-20)13(16)7-14(9)21-11-2-4-12(5-3-11)22-15(17,18)19/h2-7H,1H3. The molecule has 22 heavy (non-hydrogen) atoms. The summed E-state index contributed by atoms with van der Waals surface area (Å²) in [5.74, 6) is 0.530. The van der Waals surface area contributed by atoms with Crippen molar-refractivity contribution >= 4 is 15.9 Å². The van der Waals surface area contributed by atoms with Gasteiger partial charge in [-0.05, 0) is 64.8 Å². The van der Waals surface area contributed by atoms with Crippen LogP contribution < -0.4 is 9.47 Å². The first kappa shape index (κ1) is 16.2. The molecule has 0 amide bonds. The Kier molecular flexibility index (Phi) is 4.62. The number of benzene rings is 2. The van der Waals surface area contributed by atoms with E-state index in [0.29, 0.717) is 21.5 Å².